The summed E-state index contributed by atoms with van der Waals surface area (Å²) in [7, 11) is 0. The van der Waals surface area contributed by atoms with E-state index in [4.69, 9.17) is 4.74 Å². The highest BCUT2D eigenvalue weighted by atomic mass is 16.5. The number of fused-ring (bicyclic) bond motifs is 1. The quantitative estimate of drug-likeness (QED) is 0.508. The van der Waals surface area contributed by atoms with Crippen LogP contribution in [-0.4, -0.2) is 30.6 Å². The molecule has 0 atom stereocenters. The van der Waals surface area contributed by atoms with Gasteiger partial charge in [0.2, 0.25) is 0 Å². The van der Waals surface area contributed by atoms with Crippen LogP contribution < -0.4 is 0 Å². The number of rotatable bonds is 0. The molecule has 2 heterocycles. The zero-order valence-corrected chi connectivity index (χ0v) is 6.38. The SMILES string of the molecule is O=C1COCC2=CCCCN12. The lowest BCUT2D eigenvalue weighted by molar-refractivity contribution is -0.138. The number of carbonyl (C=O) groups excluding carboxylic acids is 1. The number of amides is 1. The third kappa shape index (κ3) is 1.16. The molecule has 11 heavy (non-hydrogen) atoms. The summed E-state index contributed by atoms with van der Waals surface area (Å²) in [6, 6.07) is 0. The molecule has 0 unspecified atom stereocenters. The maximum atomic E-state index is 11.2. The molecular weight excluding hydrogens is 142 g/mol. The van der Waals surface area contributed by atoms with Crippen molar-refractivity contribution >= 4 is 5.91 Å². The van der Waals surface area contributed by atoms with Crippen LogP contribution in [0.15, 0.2) is 11.8 Å². The van der Waals surface area contributed by atoms with Gasteiger partial charge in [0, 0.05) is 12.2 Å². The average molecular weight is 153 g/mol. The molecule has 1 fully saturated rings. The standard InChI is InChI=1S/C8H11NO2/c10-8-6-11-5-7-3-1-2-4-9(7)8/h3H,1-2,4-6H2. The van der Waals surface area contributed by atoms with Crippen LogP contribution in [0.25, 0.3) is 0 Å². The van der Waals surface area contributed by atoms with Gasteiger partial charge in [-0.2, -0.15) is 0 Å². The minimum Gasteiger partial charge on any atom is -0.365 e. The molecule has 1 saturated heterocycles. The molecular formula is C8H11NO2. The number of morpholine rings is 1. The summed E-state index contributed by atoms with van der Waals surface area (Å²) in [5.41, 5.74) is 1.06. The van der Waals surface area contributed by atoms with Gasteiger partial charge in [0.1, 0.15) is 6.61 Å². The van der Waals surface area contributed by atoms with Crippen LogP contribution in [0.4, 0.5) is 0 Å². The van der Waals surface area contributed by atoms with E-state index in [9.17, 15) is 4.79 Å². The molecule has 0 spiro atoms. The third-order valence-corrected chi connectivity index (χ3v) is 2.09. The average Bonchev–Trinajstić information content (AvgIpc) is 2.06. The van der Waals surface area contributed by atoms with E-state index in [1.54, 1.807) is 0 Å². The molecule has 0 aromatic carbocycles. The highest BCUT2D eigenvalue weighted by molar-refractivity contribution is 5.80. The molecule has 0 aromatic heterocycles. The Morgan fingerprint density at radius 2 is 2.36 bits per heavy atom. The Morgan fingerprint density at radius 3 is 3.18 bits per heavy atom. The van der Waals surface area contributed by atoms with Gasteiger partial charge in [0.15, 0.2) is 0 Å². The van der Waals surface area contributed by atoms with Gasteiger partial charge < -0.3 is 9.64 Å². The van der Waals surface area contributed by atoms with Crippen molar-refractivity contribution < 1.29 is 9.53 Å². The van der Waals surface area contributed by atoms with Crippen LogP contribution >= 0.6 is 0 Å². The molecule has 2 aliphatic heterocycles. The summed E-state index contributed by atoms with van der Waals surface area (Å²) >= 11 is 0. The number of ether oxygens (including phenoxy) is 1. The van der Waals surface area contributed by atoms with Crippen LogP contribution in [0.2, 0.25) is 0 Å². The van der Waals surface area contributed by atoms with E-state index in [0.29, 0.717) is 6.61 Å². The Labute approximate surface area is 65.6 Å². The molecule has 0 saturated carbocycles. The molecule has 2 rings (SSSR count). The number of hydrogen-bond donors (Lipinski definition) is 0. The van der Waals surface area contributed by atoms with Crippen molar-refractivity contribution in [1.82, 2.24) is 4.90 Å². The van der Waals surface area contributed by atoms with Gasteiger partial charge >= 0.3 is 0 Å². The van der Waals surface area contributed by atoms with Crippen molar-refractivity contribution in [3.05, 3.63) is 11.8 Å². The maximum Gasteiger partial charge on any atom is 0.252 e. The molecule has 0 bridgehead atoms. The van der Waals surface area contributed by atoms with Crippen LogP contribution in [0.5, 0.6) is 0 Å². The summed E-state index contributed by atoms with van der Waals surface area (Å²) in [4.78, 5) is 13.0. The Morgan fingerprint density at radius 1 is 1.45 bits per heavy atom. The lowest BCUT2D eigenvalue weighted by Gasteiger charge is -2.32. The normalized spacial score (nSPS) is 24.5. The largest absolute Gasteiger partial charge is 0.365 e. The lowest BCUT2D eigenvalue weighted by Crippen LogP contribution is -2.41. The van der Waals surface area contributed by atoms with Crippen LogP contribution in [0.1, 0.15) is 12.8 Å². The zero-order chi connectivity index (χ0) is 7.68. The van der Waals surface area contributed by atoms with E-state index in [0.717, 1.165) is 25.1 Å². The summed E-state index contributed by atoms with van der Waals surface area (Å²) in [5, 5.41) is 0. The Bertz CT molecular complexity index is 210. The fraction of sp³-hybridized carbons (Fsp3) is 0.625. The molecule has 2 aliphatic rings. The first-order chi connectivity index (χ1) is 5.38. The van der Waals surface area contributed by atoms with Gasteiger partial charge in [-0.05, 0) is 12.8 Å². The Hall–Kier alpha value is -0.830. The number of nitrogens with zero attached hydrogens (tertiary/aromatic N) is 1. The van der Waals surface area contributed by atoms with E-state index in [1.165, 1.54) is 0 Å². The summed E-state index contributed by atoms with van der Waals surface area (Å²) in [6.07, 6.45) is 4.28. The van der Waals surface area contributed by atoms with E-state index in [1.807, 2.05) is 4.90 Å². The van der Waals surface area contributed by atoms with Gasteiger partial charge in [0.25, 0.3) is 5.91 Å². The van der Waals surface area contributed by atoms with Crippen molar-refractivity contribution in [2.24, 2.45) is 0 Å². The molecule has 3 heteroatoms. The molecule has 1 amide bonds. The zero-order valence-electron chi connectivity index (χ0n) is 6.38. The predicted octanol–water partition coefficient (Wildman–Crippen LogP) is 0.523. The van der Waals surface area contributed by atoms with Crippen LogP contribution in [0, 0.1) is 0 Å². The second kappa shape index (κ2) is 2.66. The topological polar surface area (TPSA) is 29.5 Å². The van der Waals surface area contributed by atoms with Crippen molar-refractivity contribution in [1.29, 1.82) is 0 Å². The van der Waals surface area contributed by atoms with E-state index >= 15 is 0 Å². The Kier molecular flexibility index (Phi) is 1.66. The van der Waals surface area contributed by atoms with Gasteiger partial charge in [-0.15, -0.1) is 0 Å². The van der Waals surface area contributed by atoms with E-state index in [-0.39, 0.29) is 12.5 Å². The minimum absolute atomic E-state index is 0.113. The number of allylic oxidation sites excluding steroid dienone is 1. The monoisotopic (exact) mass is 153 g/mol. The molecule has 0 radical (unpaired) electrons. The minimum atomic E-state index is 0.113. The fourth-order valence-electron chi connectivity index (χ4n) is 1.51. The fourth-order valence-corrected chi connectivity index (χ4v) is 1.51. The summed E-state index contributed by atoms with van der Waals surface area (Å²) in [5.74, 6) is 0.113. The molecule has 0 N–H and O–H groups in total. The molecule has 0 aliphatic carbocycles. The highest BCUT2D eigenvalue weighted by Gasteiger charge is 2.24. The van der Waals surface area contributed by atoms with Gasteiger partial charge in [-0.3, -0.25) is 4.79 Å². The first-order valence-electron chi connectivity index (χ1n) is 3.95. The van der Waals surface area contributed by atoms with Crippen molar-refractivity contribution in [2.75, 3.05) is 19.8 Å². The Balaban J connectivity index is 2.20. The number of hydrogen-bond acceptors (Lipinski definition) is 2. The smallest absolute Gasteiger partial charge is 0.252 e. The molecule has 60 valence electrons. The second-order valence-electron chi connectivity index (χ2n) is 2.88. The maximum absolute atomic E-state index is 11.2. The highest BCUT2D eigenvalue weighted by Crippen LogP contribution is 2.18. The van der Waals surface area contributed by atoms with Crippen LogP contribution in [0.3, 0.4) is 0 Å². The first-order valence-corrected chi connectivity index (χ1v) is 3.95. The first kappa shape index (κ1) is 6.85. The van der Waals surface area contributed by atoms with Crippen molar-refractivity contribution in [3.8, 4) is 0 Å². The molecule has 3 nitrogen and oxygen atoms in total. The van der Waals surface area contributed by atoms with E-state index < -0.39 is 0 Å². The van der Waals surface area contributed by atoms with E-state index in [2.05, 4.69) is 6.08 Å². The lowest BCUT2D eigenvalue weighted by atomic mass is 10.1. The van der Waals surface area contributed by atoms with Crippen LogP contribution in [-0.2, 0) is 9.53 Å². The predicted molar refractivity (Wildman–Crippen MR) is 39.8 cm³/mol. The summed E-state index contributed by atoms with van der Waals surface area (Å²) in [6.45, 7) is 1.76. The van der Waals surface area contributed by atoms with Gasteiger partial charge in [-0.25, -0.2) is 0 Å². The summed E-state index contributed by atoms with van der Waals surface area (Å²) < 4.78 is 5.09. The van der Waals surface area contributed by atoms with Gasteiger partial charge in [0.05, 0.1) is 6.61 Å². The third-order valence-electron chi connectivity index (χ3n) is 2.09. The second-order valence-corrected chi connectivity index (χ2v) is 2.88. The van der Waals surface area contributed by atoms with Crippen molar-refractivity contribution in [2.45, 2.75) is 12.8 Å². The number of carbonyl (C=O) groups is 1. The molecule has 0 aromatic rings. The van der Waals surface area contributed by atoms with Gasteiger partial charge in [-0.1, -0.05) is 6.08 Å². The van der Waals surface area contributed by atoms with Crippen molar-refractivity contribution in [3.63, 3.8) is 0 Å².